The molecule has 126 valence electrons. The highest BCUT2D eigenvalue weighted by molar-refractivity contribution is 6.77. The molecule has 0 aromatic rings. The number of unbranched alkanes of at least 4 members (excludes halogenated alkanes) is 6. The highest BCUT2D eigenvalue weighted by Crippen LogP contribution is 2.42. The van der Waals surface area contributed by atoms with Crippen LogP contribution in [0.1, 0.15) is 93.4 Å². The minimum atomic E-state index is -1.70. The second-order valence-corrected chi connectivity index (χ2v) is 12.8. The van der Waals surface area contributed by atoms with Crippen LogP contribution >= 0.6 is 0 Å². The molecule has 21 heavy (non-hydrogen) atoms. The summed E-state index contributed by atoms with van der Waals surface area (Å²) in [6.45, 7) is 16.3. The Bertz CT molecular complexity index is 247. The van der Waals surface area contributed by atoms with Gasteiger partial charge in [0, 0.05) is 0 Å². The van der Waals surface area contributed by atoms with Crippen molar-refractivity contribution in [2.45, 2.75) is 110 Å². The topological polar surface area (TPSA) is 9.23 Å². The normalized spacial score (nSPS) is 13.0. The van der Waals surface area contributed by atoms with Gasteiger partial charge in [0.2, 0.25) is 0 Å². The molecule has 0 radical (unpaired) electrons. The summed E-state index contributed by atoms with van der Waals surface area (Å²) in [6, 6.07) is 0. The fourth-order valence-corrected chi connectivity index (χ4v) is 8.83. The molecule has 1 nitrogen and oxygen atoms in total. The van der Waals surface area contributed by atoms with Gasteiger partial charge in [-0.25, -0.2) is 0 Å². The molecule has 0 amide bonds. The molecule has 0 bridgehead atoms. The second-order valence-electron chi connectivity index (χ2n) is 7.36. The van der Waals surface area contributed by atoms with Crippen molar-refractivity contribution in [2.75, 3.05) is 0 Å². The smallest absolute Gasteiger partial charge is 0.257 e. The standard InChI is InChI=1S/C19H40OSi/c1-8-9-10-11-12-13-14-15-16-20-21(17(2)3,18(4)5)19(6)7/h15-19H,8-14H2,1-7H3/b16-15+. The number of hydrogen-bond acceptors (Lipinski definition) is 1. The molecule has 0 fully saturated rings. The van der Waals surface area contributed by atoms with E-state index in [1.807, 2.05) is 6.26 Å². The molecule has 0 rings (SSSR count). The predicted molar refractivity (Wildman–Crippen MR) is 99.3 cm³/mol. The average molecular weight is 313 g/mol. The Labute approximate surface area is 135 Å². The first-order valence-corrected chi connectivity index (χ1v) is 11.4. The zero-order valence-corrected chi connectivity index (χ0v) is 16.7. The first-order valence-electron chi connectivity index (χ1n) is 9.22. The van der Waals surface area contributed by atoms with Crippen molar-refractivity contribution in [3.8, 4) is 0 Å². The van der Waals surface area contributed by atoms with E-state index in [9.17, 15) is 0 Å². The van der Waals surface area contributed by atoms with Gasteiger partial charge < -0.3 is 4.43 Å². The van der Waals surface area contributed by atoms with Crippen molar-refractivity contribution in [3.63, 3.8) is 0 Å². The average Bonchev–Trinajstić information content (AvgIpc) is 2.39. The van der Waals surface area contributed by atoms with Crippen molar-refractivity contribution in [1.82, 2.24) is 0 Å². The van der Waals surface area contributed by atoms with Crippen LogP contribution in [0.15, 0.2) is 12.3 Å². The molecule has 0 aliphatic rings. The lowest BCUT2D eigenvalue weighted by Crippen LogP contribution is -2.46. The van der Waals surface area contributed by atoms with E-state index in [4.69, 9.17) is 4.43 Å². The van der Waals surface area contributed by atoms with Crippen LogP contribution in [-0.2, 0) is 4.43 Å². The lowest BCUT2D eigenvalue weighted by molar-refractivity contribution is 0.414. The monoisotopic (exact) mass is 312 g/mol. The number of allylic oxidation sites excluding steroid dienone is 1. The Morgan fingerprint density at radius 1 is 0.762 bits per heavy atom. The van der Waals surface area contributed by atoms with Crippen LogP contribution in [0.3, 0.4) is 0 Å². The third-order valence-corrected chi connectivity index (χ3v) is 10.8. The summed E-state index contributed by atoms with van der Waals surface area (Å²) in [5.74, 6) is 0. The van der Waals surface area contributed by atoms with E-state index in [1.54, 1.807) is 0 Å². The highest BCUT2D eigenvalue weighted by Gasteiger charge is 2.46. The van der Waals surface area contributed by atoms with Crippen molar-refractivity contribution >= 4 is 8.32 Å². The third kappa shape index (κ3) is 7.04. The first-order chi connectivity index (χ1) is 9.89. The van der Waals surface area contributed by atoms with Gasteiger partial charge in [-0.2, -0.15) is 0 Å². The summed E-state index contributed by atoms with van der Waals surface area (Å²) in [5, 5.41) is 0. The van der Waals surface area contributed by atoms with Gasteiger partial charge in [0.05, 0.1) is 6.26 Å². The van der Waals surface area contributed by atoms with Crippen molar-refractivity contribution in [1.29, 1.82) is 0 Å². The van der Waals surface area contributed by atoms with Gasteiger partial charge in [0.15, 0.2) is 0 Å². The SMILES string of the molecule is CCCCCCCC/C=C/O[Si](C(C)C)(C(C)C)C(C)C. The van der Waals surface area contributed by atoms with E-state index < -0.39 is 8.32 Å². The van der Waals surface area contributed by atoms with E-state index in [0.717, 1.165) is 0 Å². The van der Waals surface area contributed by atoms with Crippen LogP contribution in [0.5, 0.6) is 0 Å². The Hall–Kier alpha value is -0.243. The second kappa shape index (κ2) is 11.3. The van der Waals surface area contributed by atoms with Gasteiger partial charge in [-0.1, -0.05) is 86.6 Å². The number of rotatable bonds is 12. The quantitative estimate of drug-likeness (QED) is 0.207. The van der Waals surface area contributed by atoms with Gasteiger partial charge >= 0.3 is 0 Å². The van der Waals surface area contributed by atoms with E-state index >= 15 is 0 Å². The molecule has 0 saturated carbocycles. The van der Waals surface area contributed by atoms with Crippen LogP contribution in [0.4, 0.5) is 0 Å². The zero-order valence-electron chi connectivity index (χ0n) is 15.7. The fourth-order valence-electron chi connectivity index (χ4n) is 3.68. The Morgan fingerprint density at radius 2 is 1.24 bits per heavy atom. The molecule has 0 aliphatic carbocycles. The first kappa shape index (κ1) is 20.8. The molecule has 0 N–H and O–H groups in total. The van der Waals surface area contributed by atoms with Crippen LogP contribution < -0.4 is 0 Å². The van der Waals surface area contributed by atoms with Gasteiger partial charge in [-0.3, -0.25) is 0 Å². The lowest BCUT2D eigenvalue weighted by Gasteiger charge is -2.41. The van der Waals surface area contributed by atoms with Gasteiger partial charge in [0.1, 0.15) is 0 Å². The van der Waals surface area contributed by atoms with Crippen LogP contribution in [-0.4, -0.2) is 8.32 Å². The van der Waals surface area contributed by atoms with E-state index in [2.05, 4.69) is 54.5 Å². The maximum Gasteiger partial charge on any atom is 0.257 e. The summed E-state index contributed by atoms with van der Waals surface area (Å²) in [4.78, 5) is 0. The van der Waals surface area contributed by atoms with Crippen molar-refractivity contribution in [3.05, 3.63) is 12.3 Å². The molecule has 0 aromatic carbocycles. The molecule has 2 heteroatoms. The van der Waals surface area contributed by atoms with Crippen molar-refractivity contribution < 1.29 is 4.43 Å². The maximum absolute atomic E-state index is 6.42. The van der Waals surface area contributed by atoms with Crippen LogP contribution in [0.25, 0.3) is 0 Å². The van der Waals surface area contributed by atoms with Crippen LogP contribution in [0.2, 0.25) is 16.6 Å². The maximum atomic E-state index is 6.42. The summed E-state index contributed by atoms with van der Waals surface area (Å²) >= 11 is 0. The summed E-state index contributed by atoms with van der Waals surface area (Å²) < 4.78 is 6.42. The zero-order chi connectivity index (χ0) is 16.3. The largest absolute Gasteiger partial charge is 0.548 e. The molecular weight excluding hydrogens is 272 g/mol. The molecule has 0 aliphatic heterocycles. The molecule has 0 spiro atoms. The molecule has 0 atom stereocenters. The van der Waals surface area contributed by atoms with E-state index in [-0.39, 0.29) is 0 Å². The minimum Gasteiger partial charge on any atom is -0.548 e. The molecule has 0 saturated heterocycles. The van der Waals surface area contributed by atoms with E-state index in [0.29, 0.717) is 16.6 Å². The molecule has 0 aromatic heterocycles. The van der Waals surface area contributed by atoms with Gasteiger partial charge in [-0.15, -0.1) is 0 Å². The fraction of sp³-hybridized carbons (Fsp3) is 0.895. The van der Waals surface area contributed by atoms with E-state index in [1.165, 1.54) is 44.9 Å². The third-order valence-electron chi connectivity index (χ3n) is 4.80. The predicted octanol–water partition coefficient (Wildman–Crippen LogP) is 7.44. The lowest BCUT2D eigenvalue weighted by atomic mass is 10.1. The van der Waals surface area contributed by atoms with Gasteiger partial charge in [-0.05, 0) is 29.5 Å². The molecule has 0 unspecified atom stereocenters. The highest BCUT2D eigenvalue weighted by atomic mass is 28.4. The number of hydrogen-bond donors (Lipinski definition) is 0. The molecular formula is C19H40OSi. The molecule has 0 heterocycles. The Kier molecular flexibility index (Phi) is 11.2. The Balaban J connectivity index is 4.16. The summed E-state index contributed by atoms with van der Waals surface area (Å²) in [5.41, 5.74) is 1.99. The Morgan fingerprint density at radius 3 is 1.71 bits per heavy atom. The minimum absolute atomic E-state index is 0.663. The van der Waals surface area contributed by atoms with Gasteiger partial charge in [0.25, 0.3) is 8.32 Å². The summed E-state index contributed by atoms with van der Waals surface area (Å²) in [7, 11) is -1.70. The summed E-state index contributed by atoms with van der Waals surface area (Å²) in [6.07, 6.45) is 13.7. The van der Waals surface area contributed by atoms with Crippen LogP contribution in [0, 0.1) is 0 Å². The van der Waals surface area contributed by atoms with Crippen molar-refractivity contribution in [2.24, 2.45) is 0 Å².